The first-order valence-corrected chi connectivity index (χ1v) is 9.97. The van der Waals surface area contributed by atoms with Gasteiger partial charge in [0.05, 0.1) is 6.20 Å². The van der Waals surface area contributed by atoms with Gasteiger partial charge in [-0.3, -0.25) is 4.72 Å². The molecule has 0 amide bonds. The third kappa shape index (κ3) is 5.74. The van der Waals surface area contributed by atoms with Crippen LogP contribution in [0, 0.1) is 6.92 Å². The van der Waals surface area contributed by atoms with E-state index in [9.17, 15) is 13.2 Å². The predicted octanol–water partition coefficient (Wildman–Crippen LogP) is 2.96. The molecule has 3 rings (SSSR count). The minimum atomic E-state index is -4.06. The first-order valence-electron chi connectivity index (χ1n) is 8.48. The van der Waals surface area contributed by atoms with Gasteiger partial charge in [-0.25, -0.2) is 14.8 Å². The number of anilines is 1. The Labute approximate surface area is 167 Å². The Hall–Kier alpha value is -3.50. The summed E-state index contributed by atoms with van der Waals surface area (Å²) in [6.07, 6.45) is -0.518. The summed E-state index contributed by atoms with van der Waals surface area (Å²) in [4.78, 5) is 19.1. The fourth-order valence-corrected chi connectivity index (χ4v) is 3.22. The molecule has 9 nitrogen and oxygen atoms in total. The van der Waals surface area contributed by atoms with E-state index in [4.69, 9.17) is 5.11 Å². The van der Waals surface area contributed by atoms with Crippen LogP contribution in [0.25, 0.3) is 11.4 Å². The summed E-state index contributed by atoms with van der Waals surface area (Å²) in [7, 11) is -4.06. The highest BCUT2D eigenvalue weighted by atomic mass is 32.2. The van der Waals surface area contributed by atoms with E-state index >= 15 is 0 Å². The Morgan fingerprint density at radius 1 is 1.10 bits per heavy atom. The number of carbonyl (C=O) groups is 1. The third-order valence-electron chi connectivity index (χ3n) is 3.80. The molecular weight excluding hydrogens is 396 g/mol. The summed E-state index contributed by atoms with van der Waals surface area (Å²) < 4.78 is 34.1. The van der Waals surface area contributed by atoms with E-state index in [1.807, 2.05) is 25.1 Å². The molecule has 0 aliphatic carbocycles. The summed E-state index contributed by atoms with van der Waals surface area (Å²) in [5.74, 6) is -0.421. The standard InChI is InChI=1S/C19H18N4O5S/c1-13-7-9-14(10-8-13)11-21-29(26,27)23-18-16(28-19(24)25)12-20-17(22-18)15-5-3-2-4-6-15/h2-10,12,21H,11H2,1H3,(H,24,25)(H,20,22,23). The molecule has 0 saturated carbocycles. The Morgan fingerprint density at radius 2 is 1.79 bits per heavy atom. The molecule has 0 spiro atoms. The first-order chi connectivity index (χ1) is 13.8. The van der Waals surface area contributed by atoms with Crippen LogP contribution < -0.4 is 14.2 Å². The summed E-state index contributed by atoms with van der Waals surface area (Å²) in [5, 5.41) is 8.88. The van der Waals surface area contributed by atoms with E-state index in [-0.39, 0.29) is 23.9 Å². The van der Waals surface area contributed by atoms with Gasteiger partial charge in [-0.1, -0.05) is 60.2 Å². The second kappa shape index (κ2) is 8.67. The van der Waals surface area contributed by atoms with Crippen molar-refractivity contribution in [2.45, 2.75) is 13.5 Å². The summed E-state index contributed by atoms with van der Waals surface area (Å²) in [6.45, 7) is 1.97. The van der Waals surface area contributed by atoms with Crippen molar-refractivity contribution in [2.24, 2.45) is 0 Å². The maximum atomic E-state index is 12.4. The van der Waals surface area contributed by atoms with Crippen LogP contribution in [-0.4, -0.2) is 29.6 Å². The molecule has 1 aromatic heterocycles. The molecule has 1 heterocycles. The van der Waals surface area contributed by atoms with Crippen LogP contribution in [0.5, 0.6) is 5.75 Å². The van der Waals surface area contributed by atoms with E-state index < -0.39 is 16.4 Å². The molecule has 29 heavy (non-hydrogen) atoms. The number of ether oxygens (including phenoxy) is 1. The van der Waals surface area contributed by atoms with Gasteiger partial charge >= 0.3 is 16.4 Å². The van der Waals surface area contributed by atoms with Crippen LogP contribution in [0.3, 0.4) is 0 Å². The monoisotopic (exact) mass is 414 g/mol. The van der Waals surface area contributed by atoms with Gasteiger partial charge in [0.1, 0.15) is 0 Å². The van der Waals surface area contributed by atoms with Gasteiger partial charge in [-0.15, -0.1) is 0 Å². The number of hydrogen-bond donors (Lipinski definition) is 3. The lowest BCUT2D eigenvalue weighted by Gasteiger charge is -2.12. The number of carboxylic acid groups (broad SMARTS) is 1. The van der Waals surface area contributed by atoms with E-state index in [0.717, 1.165) is 17.3 Å². The Bertz CT molecular complexity index is 1100. The molecule has 2 aromatic carbocycles. The number of aryl methyl sites for hydroxylation is 1. The van der Waals surface area contributed by atoms with Crippen molar-refractivity contribution in [2.75, 3.05) is 4.72 Å². The average Bonchev–Trinajstić information content (AvgIpc) is 2.69. The second-order valence-electron chi connectivity index (χ2n) is 6.05. The zero-order valence-electron chi connectivity index (χ0n) is 15.4. The molecule has 0 bridgehead atoms. The molecule has 0 saturated heterocycles. The lowest BCUT2D eigenvalue weighted by molar-refractivity contribution is 0.144. The van der Waals surface area contributed by atoms with Crippen molar-refractivity contribution in [3.8, 4) is 17.1 Å². The van der Waals surface area contributed by atoms with Crippen LogP contribution in [0.1, 0.15) is 11.1 Å². The number of rotatable bonds is 7. The summed E-state index contributed by atoms with van der Waals surface area (Å²) in [6, 6.07) is 16.2. The van der Waals surface area contributed by atoms with Crippen molar-refractivity contribution in [3.05, 3.63) is 71.9 Å². The molecule has 3 aromatic rings. The van der Waals surface area contributed by atoms with Gasteiger partial charge < -0.3 is 9.84 Å². The Morgan fingerprint density at radius 3 is 2.45 bits per heavy atom. The van der Waals surface area contributed by atoms with Gasteiger partial charge in [0.2, 0.25) is 0 Å². The van der Waals surface area contributed by atoms with Gasteiger partial charge in [-0.05, 0) is 12.5 Å². The SMILES string of the molecule is Cc1ccc(CNS(=O)(=O)Nc2nc(-c3ccccc3)ncc2OC(=O)O)cc1. The minimum absolute atomic E-state index is 0.0430. The molecule has 0 aliphatic rings. The molecule has 0 atom stereocenters. The van der Waals surface area contributed by atoms with Crippen LogP contribution >= 0.6 is 0 Å². The zero-order chi connectivity index (χ0) is 20.9. The van der Waals surface area contributed by atoms with Crippen molar-refractivity contribution in [1.29, 1.82) is 0 Å². The number of hydrogen-bond acceptors (Lipinski definition) is 6. The van der Waals surface area contributed by atoms with E-state index in [0.29, 0.717) is 5.56 Å². The third-order valence-corrected chi connectivity index (χ3v) is 4.79. The molecule has 0 radical (unpaired) electrons. The zero-order valence-corrected chi connectivity index (χ0v) is 16.2. The topological polar surface area (TPSA) is 131 Å². The highest BCUT2D eigenvalue weighted by Crippen LogP contribution is 2.25. The molecule has 3 N–H and O–H groups in total. The number of nitrogens with one attached hydrogen (secondary N) is 2. The van der Waals surface area contributed by atoms with E-state index in [1.165, 1.54) is 0 Å². The lowest BCUT2D eigenvalue weighted by Crippen LogP contribution is -2.30. The smallest absolute Gasteiger partial charge is 0.449 e. The van der Waals surface area contributed by atoms with Crippen molar-refractivity contribution in [1.82, 2.24) is 14.7 Å². The first kappa shape index (κ1) is 20.2. The summed E-state index contributed by atoms with van der Waals surface area (Å²) >= 11 is 0. The van der Waals surface area contributed by atoms with Crippen LogP contribution in [0.2, 0.25) is 0 Å². The maximum Gasteiger partial charge on any atom is 0.511 e. The van der Waals surface area contributed by atoms with Crippen molar-refractivity contribution < 1.29 is 23.1 Å². The van der Waals surface area contributed by atoms with Crippen LogP contribution in [-0.2, 0) is 16.8 Å². The fraction of sp³-hybridized carbons (Fsp3) is 0.105. The average molecular weight is 414 g/mol. The summed E-state index contributed by atoms with van der Waals surface area (Å²) in [5.41, 5.74) is 2.44. The van der Waals surface area contributed by atoms with Gasteiger partial charge in [0.15, 0.2) is 17.4 Å². The second-order valence-corrected chi connectivity index (χ2v) is 7.55. The fourth-order valence-electron chi connectivity index (χ4n) is 2.39. The highest BCUT2D eigenvalue weighted by Gasteiger charge is 2.18. The molecule has 10 heteroatoms. The maximum absolute atomic E-state index is 12.4. The number of aromatic nitrogens is 2. The van der Waals surface area contributed by atoms with E-state index in [1.54, 1.807) is 36.4 Å². The minimum Gasteiger partial charge on any atom is -0.449 e. The normalized spacial score (nSPS) is 11.1. The number of benzene rings is 2. The van der Waals surface area contributed by atoms with Crippen LogP contribution in [0.15, 0.2) is 60.8 Å². The van der Waals surface area contributed by atoms with Gasteiger partial charge in [-0.2, -0.15) is 13.1 Å². The van der Waals surface area contributed by atoms with Crippen LogP contribution in [0.4, 0.5) is 10.6 Å². The number of nitrogens with zero attached hydrogens (tertiary/aromatic N) is 2. The lowest BCUT2D eigenvalue weighted by atomic mass is 10.2. The van der Waals surface area contributed by atoms with Gasteiger partial charge in [0.25, 0.3) is 0 Å². The predicted molar refractivity (Wildman–Crippen MR) is 107 cm³/mol. The van der Waals surface area contributed by atoms with E-state index in [2.05, 4.69) is 24.1 Å². The van der Waals surface area contributed by atoms with Crippen molar-refractivity contribution >= 4 is 22.2 Å². The molecule has 0 fully saturated rings. The largest absolute Gasteiger partial charge is 0.511 e. The molecule has 0 unspecified atom stereocenters. The Balaban J connectivity index is 1.84. The van der Waals surface area contributed by atoms with Crippen molar-refractivity contribution in [3.63, 3.8) is 0 Å². The highest BCUT2D eigenvalue weighted by molar-refractivity contribution is 7.90. The molecule has 150 valence electrons. The Kier molecular flexibility index (Phi) is 6.05. The van der Waals surface area contributed by atoms with Gasteiger partial charge in [0, 0.05) is 12.1 Å². The quantitative estimate of drug-likeness (QED) is 0.507. The molecule has 0 aliphatic heterocycles. The molecular formula is C19H18N4O5S.